The van der Waals surface area contributed by atoms with Crippen LogP contribution in [-0.2, 0) is 32.0 Å². The maximum atomic E-state index is 14.2. The minimum Gasteiger partial charge on any atom is -0.593 e. The molecule has 1 amide bonds. The topological polar surface area (TPSA) is 116 Å². The van der Waals surface area contributed by atoms with Crippen LogP contribution in [0.2, 0.25) is 0 Å². The van der Waals surface area contributed by atoms with Gasteiger partial charge in [-0.2, -0.15) is 0 Å². The zero-order chi connectivity index (χ0) is 30.5. The summed E-state index contributed by atoms with van der Waals surface area (Å²) < 4.78 is 38.4. The average Bonchev–Trinajstić information content (AvgIpc) is 3.87. The van der Waals surface area contributed by atoms with Gasteiger partial charge in [0.15, 0.2) is 11.2 Å². The van der Waals surface area contributed by atoms with Crippen molar-refractivity contribution < 1.29 is 33.4 Å². The van der Waals surface area contributed by atoms with Crippen molar-refractivity contribution in [2.75, 3.05) is 40.0 Å². The first kappa shape index (κ1) is 31.6. The molecule has 4 fully saturated rings. The zero-order valence-electron chi connectivity index (χ0n) is 25.4. The lowest BCUT2D eigenvalue weighted by Gasteiger charge is -2.34. The van der Waals surface area contributed by atoms with E-state index in [4.69, 9.17) is 18.9 Å². The van der Waals surface area contributed by atoms with Gasteiger partial charge in [0.25, 0.3) is 0 Å². The summed E-state index contributed by atoms with van der Waals surface area (Å²) in [4.78, 5) is 16.4. The molecule has 0 aromatic heterocycles. The van der Waals surface area contributed by atoms with E-state index in [0.29, 0.717) is 36.3 Å². The van der Waals surface area contributed by atoms with Crippen LogP contribution in [0, 0.1) is 5.92 Å². The Hall–Kier alpha value is -2.38. The molecular formula is C33H45N3O7S. The lowest BCUT2D eigenvalue weighted by atomic mass is 10.0. The third-order valence-electron chi connectivity index (χ3n) is 9.59. The predicted molar refractivity (Wildman–Crippen MR) is 165 cm³/mol. The summed E-state index contributed by atoms with van der Waals surface area (Å²) >= 11 is -1.52. The Balaban J connectivity index is 1.19. The lowest BCUT2D eigenvalue weighted by molar-refractivity contribution is -0.0907. The van der Waals surface area contributed by atoms with E-state index in [1.54, 1.807) is 7.11 Å². The Morgan fingerprint density at radius 3 is 2.64 bits per heavy atom. The van der Waals surface area contributed by atoms with Crippen LogP contribution in [0.4, 0.5) is 4.79 Å². The van der Waals surface area contributed by atoms with Gasteiger partial charge < -0.3 is 33.9 Å². The third-order valence-corrected chi connectivity index (χ3v) is 11.1. The number of likely N-dealkylation sites (tertiary alicyclic amines) is 1. The second kappa shape index (κ2) is 14.8. The molecule has 2 N–H and O–H groups in total. The quantitative estimate of drug-likeness (QED) is 0.341. The van der Waals surface area contributed by atoms with Crippen molar-refractivity contribution in [3.05, 3.63) is 60.2 Å². The number of methoxy groups -OCH3 is 1. The third kappa shape index (κ3) is 7.52. The van der Waals surface area contributed by atoms with Crippen LogP contribution < -0.4 is 10.1 Å². The molecule has 3 aliphatic heterocycles. The van der Waals surface area contributed by atoms with E-state index in [2.05, 4.69) is 10.2 Å². The highest BCUT2D eigenvalue weighted by atomic mass is 32.2. The molecule has 3 heterocycles. The number of alkyl carbamates (subject to hydrolysis) is 1. The number of hydrogen-bond acceptors (Lipinski definition) is 9. The zero-order valence-corrected chi connectivity index (χ0v) is 26.2. The number of nitrogens with zero attached hydrogens (tertiary/aromatic N) is 2. The molecule has 1 saturated carbocycles. The maximum absolute atomic E-state index is 14.2. The van der Waals surface area contributed by atoms with Gasteiger partial charge in [0.05, 0.1) is 62.3 Å². The van der Waals surface area contributed by atoms with Crippen molar-refractivity contribution in [3.8, 4) is 5.75 Å². The van der Waals surface area contributed by atoms with Gasteiger partial charge in [0, 0.05) is 19.1 Å². The number of benzene rings is 2. The highest BCUT2D eigenvalue weighted by Gasteiger charge is 2.45. The number of ether oxygens (including phenoxy) is 4. The summed E-state index contributed by atoms with van der Waals surface area (Å²) in [5, 5.41) is 14.7. The molecule has 2 aromatic rings. The molecule has 44 heavy (non-hydrogen) atoms. The van der Waals surface area contributed by atoms with Crippen LogP contribution in [0.5, 0.6) is 5.75 Å². The highest BCUT2D eigenvalue weighted by molar-refractivity contribution is 7.89. The molecule has 4 aliphatic rings. The normalized spacial score (nSPS) is 27.7. The molecule has 7 atom stereocenters. The van der Waals surface area contributed by atoms with Crippen molar-refractivity contribution >= 4 is 17.5 Å². The Labute approximate surface area is 263 Å². The number of rotatable bonds is 12. The predicted octanol–water partition coefficient (Wildman–Crippen LogP) is 3.50. The van der Waals surface area contributed by atoms with Crippen molar-refractivity contribution in [2.45, 2.75) is 86.5 Å². The maximum Gasteiger partial charge on any atom is 0.407 e. The largest absolute Gasteiger partial charge is 0.593 e. The molecule has 1 aliphatic carbocycles. The molecule has 0 spiro atoms. The smallest absolute Gasteiger partial charge is 0.407 e. The second-order valence-electron chi connectivity index (χ2n) is 12.4. The number of amides is 1. The number of fused-ring (bicyclic) bond motifs is 1. The van der Waals surface area contributed by atoms with Gasteiger partial charge in [-0.1, -0.05) is 43.2 Å². The van der Waals surface area contributed by atoms with Crippen LogP contribution >= 0.6 is 0 Å². The Morgan fingerprint density at radius 1 is 1.11 bits per heavy atom. The second-order valence-corrected chi connectivity index (χ2v) is 13.8. The Morgan fingerprint density at radius 2 is 1.89 bits per heavy atom. The lowest BCUT2D eigenvalue weighted by Crippen LogP contribution is -2.53. The first-order valence-corrected chi connectivity index (χ1v) is 17.1. The molecule has 2 aromatic carbocycles. The van der Waals surface area contributed by atoms with Gasteiger partial charge >= 0.3 is 6.09 Å². The van der Waals surface area contributed by atoms with Crippen molar-refractivity contribution in [1.82, 2.24) is 14.5 Å². The van der Waals surface area contributed by atoms with E-state index in [1.807, 2.05) is 58.9 Å². The van der Waals surface area contributed by atoms with Gasteiger partial charge in [0.2, 0.25) is 0 Å². The number of carbonyl (C=O) groups excluding carboxylic acids is 1. The van der Waals surface area contributed by atoms with Crippen LogP contribution in [0.25, 0.3) is 0 Å². The number of hydrogen-bond donors (Lipinski definition) is 2. The Bertz CT molecular complexity index is 1200. The molecule has 0 radical (unpaired) electrons. The standard InChI is InChI=1S/C33H45N3O7S/c1-40-26-11-13-27(14-12-26)44(39)36(25-15-17-35(20-25)24-9-5-6-10-24)21-30(37)29(19-23-7-3-2-4-8-23)34-33(38)43-31-22-42-32-28(31)16-18-41-32/h2-4,7-8,11-14,24-25,28-32,37H,5-6,9-10,15-22H2,1H3,(H,34,38)/t25-,28+,29+,30-,31+,32-,44?/m1/s1. The summed E-state index contributed by atoms with van der Waals surface area (Å²) in [7, 11) is 1.61. The summed E-state index contributed by atoms with van der Waals surface area (Å²) in [6, 6.07) is 16.9. The van der Waals surface area contributed by atoms with Crippen LogP contribution in [0.3, 0.4) is 0 Å². The van der Waals surface area contributed by atoms with Crippen LogP contribution in [0.1, 0.15) is 44.1 Å². The number of nitrogens with one attached hydrogen (secondary N) is 1. The van der Waals surface area contributed by atoms with E-state index in [0.717, 1.165) is 31.5 Å². The molecule has 11 heteroatoms. The van der Waals surface area contributed by atoms with Gasteiger partial charge in [-0.25, -0.2) is 4.79 Å². The fourth-order valence-corrected chi connectivity index (χ4v) is 8.49. The van der Waals surface area contributed by atoms with Gasteiger partial charge in [0.1, 0.15) is 11.9 Å². The fraction of sp³-hybridized carbons (Fsp3) is 0.606. The van der Waals surface area contributed by atoms with E-state index in [1.165, 1.54) is 25.7 Å². The highest BCUT2D eigenvalue weighted by Crippen LogP contribution is 2.34. The van der Waals surface area contributed by atoms with Crippen molar-refractivity contribution in [3.63, 3.8) is 0 Å². The fourth-order valence-electron chi connectivity index (χ4n) is 7.12. The number of aliphatic hydroxyl groups is 1. The SMILES string of the molecule is COc1ccc([S+]([O-])N(C[C@@H](O)[C@H](Cc2ccccc2)NC(=O)O[C@H]2CO[C@H]3OCC[C@H]32)[C@@H]2CCN(C3CCCC3)C2)cc1. The van der Waals surface area contributed by atoms with Crippen molar-refractivity contribution in [1.29, 1.82) is 0 Å². The van der Waals surface area contributed by atoms with Gasteiger partial charge in [-0.3, -0.25) is 4.90 Å². The minimum atomic E-state index is -1.52. The van der Waals surface area contributed by atoms with E-state index in [9.17, 15) is 14.5 Å². The molecule has 240 valence electrons. The molecule has 10 nitrogen and oxygen atoms in total. The first-order valence-electron chi connectivity index (χ1n) is 16.0. The minimum absolute atomic E-state index is 0.00690. The molecule has 3 saturated heterocycles. The van der Waals surface area contributed by atoms with Crippen LogP contribution in [-0.4, -0.2) is 102 Å². The van der Waals surface area contributed by atoms with E-state index < -0.39 is 35.7 Å². The average molecular weight is 628 g/mol. The molecule has 0 bridgehead atoms. The first-order chi connectivity index (χ1) is 21.5. The summed E-state index contributed by atoms with van der Waals surface area (Å²) in [5.74, 6) is 0.713. The summed E-state index contributed by atoms with van der Waals surface area (Å²) in [6.07, 6.45) is 4.67. The van der Waals surface area contributed by atoms with Crippen LogP contribution in [0.15, 0.2) is 59.5 Å². The van der Waals surface area contributed by atoms with Crippen molar-refractivity contribution in [2.24, 2.45) is 5.92 Å². The number of aliphatic hydroxyl groups excluding tert-OH is 1. The van der Waals surface area contributed by atoms with Gasteiger partial charge in [-0.05, 0) is 61.9 Å². The Kier molecular flexibility index (Phi) is 10.6. The van der Waals surface area contributed by atoms with E-state index >= 15 is 0 Å². The molecular weight excluding hydrogens is 582 g/mol. The van der Waals surface area contributed by atoms with Gasteiger partial charge in [-0.15, -0.1) is 4.31 Å². The molecule has 1 unspecified atom stereocenters. The monoisotopic (exact) mass is 627 g/mol. The summed E-state index contributed by atoms with van der Waals surface area (Å²) in [6.45, 7) is 2.78. The van der Waals surface area contributed by atoms with E-state index in [-0.39, 0.29) is 24.8 Å². The summed E-state index contributed by atoms with van der Waals surface area (Å²) in [5.41, 5.74) is 0.974. The molecule has 6 rings (SSSR count). The number of carbonyl (C=O) groups is 1.